The molecule has 0 amide bonds. The second-order valence-electron chi connectivity index (χ2n) is 1.02. The van der Waals surface area contributed by atoms with Crippen molar-refractivity contribution >= 4 is 17.3 Å². The van der Waals surface area contributed by atoms with E-state index in [-0.39, 0.29) is 5.11 Å². The van der Waals surface area contributed by atoms with Crippen LogP contribution in [0.25, 0.3) is 0 Å². The lowest BCUT2D eigenvalue weighted by molar-refractivity contribution is -0.0403. The minimum absolute atomic E-state index is 0.238. The van der Waals surface area contributed by atoms with Crippen LogP contribution < -0.4 is 5.73 Å². The number of thiocarbonyl (C=S) groups is 1. The Hall–Kier alpha value is -0.350. The molecule has 0 aromatic rings. The second-order valence-corrected chi connectivity index (χ2v) is 1.44. The van der Waals surface area contributed by atoms with Crippen molar-refractivity contribution in [2.75, 3.05) is 14.2 Å². The van der Waals surface area contributed by atoms with E-state index >= 15 is 0 Å². The summed E-state index contributed by atoms with van der Waals surface area (Å²) in [5, 5.41) is 1.54. The Bertz CT molecular complexity index is 75.3. The third-order valence-corrected chi connectivity index (χ3v) is 0.841. The number of hydrogen-bond acceptors (Lipinski definition) is 2. The van der Waals surface area contributed by atoms with Crippen LogP contribution in [0.3, 0.4) is 0 Å². The van der Waals surface area contributed by atoms with Crippen LogP contribution in [-0.4, -0.2) is 24.3 Å². The standard InChI is InChI=1S/C3H8N2OS/c1-5(6-2)3(4)7/h1-2H3,(H2,4,7). The Morgan fingerprint density at radius 3 is 2.29 bits per heavy atom. The van der Waals surface area contributed by atoms with Gasteiger partial charge in [0.05, 0.1) is 7.11 Å². The highest BCUT2D eigenvalue weighted by atomic mass is 32.1. The predicted molar refractivity (Wildman–Crippen MR) is 31.6 cm³/mol. The summed E-state index contributed by atoms with van der Waals surface area (Å²) in [5.41, 5.74) is 5.08. The van der Waals surface area contributed by atoms with Gasteiger partial charge in [-0.25, -0.2) is 5.06 Å². The van der Waals surface area contributed by atoms with E-state index in [1.165, 1.54) is 12.2 Å². The Labute approximate surface area is 48.0 Å². The quantitative estimate of drug-likeness (QED) is 0.381. The minimum Gasteiger partial charge on any atom is -0.374 e. The van der Waals surface area contributed by atoms with E-state index in [4.69, 9.17) is 5.73 Å². The van der Waals surface area contributed by atoms with Crippen molar-refractivity contribution in [3.63, 3.8) is 0 Å². The van der Waals surface area contributed by atoms with Gasteiger partial charge >= 0.3 is 0 Å². The van der Waals surface area contributed by atoms with Gasteiger partial charge in [-0.05, 0) is 12.2 Å². The van der Waals surface area contributed by atoms with Crippen molar-refractivity contribution in [1.82, 2.24) is 5.06 Å². The molecule has 0 spiro atoms. The molecule has 0 unspecified atom stereocenters. The van der Waals surface area contributed by atoms with Gasteiger partial charge in [0, 0.05) is 7.05 Å². The summed E-state index contributed by atoms with van der Waals surface area (Å²) in [7, 11) is 3.14. The number of nitrogens with two attached hydrogens (primary N) is 1. The summed E-state index contributed by atoms with van der Waals surface area (Å²) < 4.78 is 0. The molecule has 0 aliphatic carbocycles. The maximum atomic E-state index is 5.08. The molecule has 42 valence electrons. The Morgan fingerprint density at radius 2 is 2.29 bits per heavy atom. The van der Waals surface area contributed by atoms with E-state index in [0.717, 1.165) is 0 Å². The molecule has 0 aromatic heterocycles. The van der Waals surface area contributed by atoms with E-state index in [1.807, 2.05) is 0 Å². The SMILES string of the molecule is CON(C)C(N)=S. The fourth-order valence-electron chi connectivity index (χ4n) is 0.0900. The molecule has 0 bridgehead atoms. The molecule has 7 heavy (non-hydrogen) atoms. The Morgan fingerprint density at radius 1 is 1.86 bits per heavy atom. The molecule has 0 radical (unpaired) electrons. The monoisotopic (exact) mass is 120 g/mol. The zero-order chi connectivity index (χ0) is 5.86. The van der Waals surface area contributed by atoms with Gasteiger partial charge in [0.1, 0.15) is 0 Å². The third kappa shape index (κ3) is 2.36. The van der Waals surface area contributed by atoms with Gasteiger partial charge in [-0.15, -0.1) is 0 Å². The maximum Gasteiger partial charge on any atom is 0.190 e. The lowest BCUT2D eigenvalue weighted by Gasteiger charge is -2.10. The number of rotatable bonds is 1. The minimum atomic E-state index is 0.238. The first-order valence-corrected chi connectivity index (χ1v) is 2.16. The number of hydrogen-bond donors (Lipinski definition) is 1. The van der Waals surface area contributed by atoms with E-state index < -0.39 is 0 Å². The van der Waals surface area contributed by atoms with Gasteiger partial charge in [-0.3, -0.25) is 4.84 Å². The zero-order valence-electron chi connectivity index (χ0n) is 4.34. The predicted octanol–water partition coefficient (Wildman–Crippen LogP) is -0.277. The normalized spacial score (nSPS) is 8.29. The molecule has 0 aliphatic rings. The molecule has 4 heteroatoms. The lowest BCUT2D eigenvalue weighted by Crippen LogP contribution is -2.30. The molecule has 0 rings (SSSR count). The van der Waals surface area contributed by atoms with Crippen LogP contribution in [0, 0.1) is 0 Å². The first-order chi connectivity index (χ1) is 3.18. The highest BCUT2D eigenvalue weighted by Crippen LogP contribution is 1.76. The van der Waals surface area contributed by atoms with Crippen LogP contribution in [0.15, 0.2) is 0 Å². The van der Waals surface area contributed by atoms with Gasteiger partial charge < -0.3 is 5.73 Å². The van der Waals surface area contributed by atoms with Gasteiger partial charge in [0.25, 0.3) is 0 Å². The summed E-state index contributed by atoms with van der Waals surface area (Å²) in [6, 6.07) is 0. The molecule has 0 saturated carbocycles. The summed E-state index contributed by atoms with van der Waals surface area (Å²) >= 11 is 4.50. The van der Waals surface area contributed by atoms with Crippen LogP contribution in [0.4, 0.5) is 0 Å². The van der Waals surface area contributed by atoms with Gasteiger partial charge in [0.2, 0.25) is 0 Å². The molecule has 2 N–H and O–H groups in total. The van der Waals surface area contributed by atoms with Gasteiger partial charge in [-0.1, -0.05) is 0 Å². The van der Waals surface area contributed by atoms with Crippen molar-refractivity contribution in [2.45, 2.75) is 0 Å². The topological polar surface area (TPSA) is 38.5 Å². The number of hydroxylamine groups is 2. The van der Waals surface area contributed by atoms with Crippen LogP contribution in [-0.2, 0) is 4.84 Å². The highest BCUT2D eigenvalue weighted by molar-refractivity contribution is 7.80. The van der Waals surface area contributed by atoms with Crippen molar-refractivity contribution in [3.05, 3.63) is 0 Å². The first-order valence-electron chi connectivity index (χ1n) is 1.75. The van der Waals surface area contributed by atoms with Crippen LogP contribution in [0.2, 0.25) is 0 Å². The molecule has 0 atom stereocenters. The van der Waals surface area contributed by atoms with E-state index in [0.29, 0.717) is 0 Å². The molecule has 3 nitrogen and oxygen atoms in total. The van der Waals surface area contributed by atoms with Crippen LogP contribution in [0.5, 0.6) is 0 Å². The summed E-state index contributed by atoms with van der Waals surface area (Å²) in [5.74, 6) is 0. The molecule has 0 heterocycles. The van der Waals surface area contributed by atoms with Crippen molar-refractivity contribution < 1.29 is 4.84 Å². The fraction of sp³-hybridized carbons (Fsp3) is 0.667. The Balaban J connectivity index is 3.34. The van der Waals surface area contributed by atoms with E-state index in [1.54, 1.807) is 7.05 Å². The average molecular weight is 120 g/mol. The molecular weight excluding hydrogens is 112 g/mol. The molecular formula is C3H8N2OS. The largest absolute Gasteiger partial charge is 0.374 e. The molecule has 0 fully saturated rings. The van der Waals surface area contributed by atoms with Crippen LogP contribution >= 0.6 is 12.2 Å². The molecule has 0 saturated heterocycles. The third-order valence-electron chi connectivity index (χ3n) is 0.584. The second kappa shape index (κ2) is 2.76. The van der Waals surface area contributed by atoms with Crippen molar-refractivity contribution in [3.8, 4) is 0 Å². The molecule has 0 aliphatic heterocycles. The maximum absolute atomic E-state index is 5.08. The average Bonchev–Trinajstić information content (AvgIpc) is 1.65. The van der Waals surface area contributed by atoms with E-state index in [2.05, 4.69) is 17.1 Å². The van der Waals surface area contributed by atoms with Gasteiger partial charge in [-0.2, -0.15) is 0 Å². The van der Waals surface area contributed by atoms with E-state index in [9.17, 15) is 0 Å². The smallest absolute Gasteiger partial charge is 0.190 e. The highest BCUT2D eigenvalue weighted by Gasteiger charge is 1.90. The van der Waals surface area contributed by atoms with Crippen LogP contribution in [0.1, 0.15) is 0 Å². The summed E-state index contributed by atoms with van der Waals surface area (Å²) in [4.78, 5) is 4.58. The summed E-state index contributed by atoms with van der Waals surface area (Å²) in [6.07, 6.45) is 0. The Kier molecular flexibility index (Phi) is 2.62. The first kappa shape index (κ1) is 6.65. The van der Waals surface area contributed by atoms with Gasteiger partial charge in [0.15, 0.2) is 5.11 Å². The zero-order valence-corrected chi connectivity index (χ0v) is 5.16. The fourth-order valence-corrected chi connectivity index (χ4v) is 0.165. The lowest BCUT2D eigenvalue weighted by atomic mass is 11.0. The van der Waals surface area contributed by atoms with Crippen molar-refractivity contribution in [2.24, 2.45) is 5.73 Å². The molecule has 0 aromatic carbocycles. The van der Waals surface area contributed by atoms with Crippen molar-refractivity contribution in [1.29, 1.82) is 0 Å². The number of nitrogens with zero attached hydrogens (tertiary/aromatic N) is 1. The summed E-state index contributed by atoms with van der Waals surface area (Å²) in [6.45, 7) is 0.